The molecule has 156 valence electrons. The zero-order chi connectivity index (χ0) is 19.6. The first-order valence-electron chi connectivity index (χ1n) is 11.3. The number of rotatable bonds is 9. The number of piperazine rings is 1. The van der Waals surface area contributed by atoms with Gasteiger partial charge in [-0.15, -0.1) is 0 Å². The van der Waals surface area contributed by atoms with E-state index in [4.69, 9.17) is 0 Å². The minimum absolute atomic E-state index is 0.107. The Hall–Kier alpha value is -1.43. The number of likely N-dealkylation sites (tertiary alicyclic amines) is 1. The van der Waals surface area contributed by atoms with Gasteiger partial charge in [-0.1, -0.05) is 43.7 Å². The second-order valence-corrected chi connectivity index (χ2v) is 8.30. The van der Waals surface area contributed by atoms with E-state index < -0.39 is 0 Å². The highest BCUT2D eigenvalue weighted by molar-refractivity contribution is 5.81. The Morgan fingerprint density at radius 2 is 1.75 bits per heavy atom. The molecule has 1 N–H and O–H groups in total. The van der Waals surface area contributed by atoms with E-state index in [1.165, 1.54) is 18.4 Å². The Bertz CT molecular complexity index is 569. The minimum atomic E-state index is 0.107. The Morgan fingerprint density at radius 1 is 1.00 bits per heavy atom. The molecule has 5 heteroatoms. The highest BCUT2D eigenvalue weighted by atomic mass is 16.2. The number of hydrogen-bond acceptors (Lipinski definition) is 4. The molecule has 2 aliphatic heterocycles. The first-order chi connectivity index (χ1) is 13.8. The standard InChI is InChI=1S/C23H38N4O/c1-2-13-27-15-7-6-11-22(27)23(28)24-12-8-14-25-16-18-26(19-17-25)20-21-9-4-3-5-10-21/h3-5,9-10,22H,2,6-8,11-20H2,1H3,(H,24,28). The van der Waals surface area contributed by atoms with Crippen LogP contribution in [0.4, 0.5) is 0 Å². The summed E-state index contributed by atoms with van der Waals surface area (Å²) >= 11 is 0. The van der Waals surface area contributed by atoms with Gasteiger partial charge in [0.15, 0.2) is 0 Å². The molecule has 1 amide bonds. The summed E-state index contributed by atoms with van der Waals surface area (Å²) in [7, 11) is 0. The van der Waals surface area contributed by atoms with Crippen LogP contribution in [-0.4, -0.2) is 79.0 Å². The van der Waals surface area contributed by atoms with Crippen molar-refractivity contribution >= 4 is 5.91 Å². The molecule has 1 aromatic carbocycles. The molecule has 0 aromatic heterocycles. The third-order valence-electron chi connectivity index (χ3n) is 6.09. The number of hydrogen-bond donors (Lipinski definition) is 1. The first-order valence-corrected chi connectivity index (χ1v) is 11.3. The van der Waals surface area contributed by atoms with Crippen LogP contribution in [0.1, 0.15) is 44.6 Å². The number of piperidine rings is 1. The molecule has 0 aliphatic carbocycles. The largest absolute Gasteiger partial charge is 0.355 e. The van der Waals surface area contributed by atoms with Gasteiger partial charge in [0.2, 0.25) is 5.91 Å². The Kier molecular flexibility index (Phi) is 8.77. The zero-order valence-electron chi connectivity index (χ0n) is 17.6. The summed E-state index contributed by atoms with van der Waals surface area (Å²) < 4.78 is 0. The van der Waals surface area contributed by atoms with Crippen LogP contribution in [0.2, 0.25) is 0 Å². The third-order valence-corrected chi connectivity index (χ3v) is 6.09. The van der Waals surface area contributed by atoms with E-state index in [2.05, 4.69) is 57.3 Å². The van der Waals surface area contributed by atoms with E-state index in [0.29, 0.717) is 0 Å². The van der Waals surface area contributed by atoms with Crippen molar-refractivity contribution in [3.8, 4) is 0 Å². The van der Waals surface area contributed by atoms with Crippen LogP contribution in [0, 0.1) is 0 Å². The van der Waals surface area contributed by atoms with E-state index in [9.17, 15) is 4.79 Å². The second-order valence-electron chi connectivity index (χ2n) is 8.30. The van der Waals surface area contributed by atoms with Crippen molar-refractivity contribution in [2.45, 2.75) is 51.6 Å². The number of benzene rings is 1. The molecule has 0 saturated carbocycles. The summed E-state index contributed by atoms with van der Waals surface area (Å²) in [6, 6.07) is 10.8. The van der Waals surface area contributed by atoms with Crippen molar-refractivity contribution in [2.75, 3.05) is 52.4 Å². The van der Waals surface area contributed by atoms with Gasteiger partial charge in [0.05, 0.1) is 6.04 Å². The molecule has 1 aromatic rings. The SMILES string of the molecule is CCCN1CCCCC1C(=O)NCCCN1CCN(Cc2ccccc2)CC1. The predicted octanol–water partition coefficient (Wildman–Crippen LogP) is 2.58. The summed E-state index contributed by atoms with van der Waals surface area (Å²) in [4.78, 5) is 20.0. The van der Waals surface area contributed by atoms with Crippen LogP contribution >= 0.6 is 0 Å². The van der Waals surface area contributed by atoms with E-state index in [0.717, 1.165) is 78.2 Å². The van der Waals surface area contributed by atoms with Crippen molar-refractivity contribution in [1.82, 2.24) is 20.0 Å². The topological polar surface area (TPSA) is 38.8 Å². The monoisotopic (exact) mass is 386 g/mol. The van der Waals surface area contributed by atoms with Crippen molar-refractivity contribution in [2.24, 2.45) is 0 Å². The fraction of sp³-hybridized carbons (Fsp3) is 0.696. The average Bonchev–Trinajstić information content (AvgIpc) is 2.74. The van der Waals surface area contributed by atoms with Crippen molar-refractivity contribution < 1.29 is 4.79 Å². The number of nitrogens with zero attached hydrogens (tertiary/aromatic N) is 3. The maximum Gasteiger partial charge on any atom is 0.237 e. The van der Waals surface area contributed by atoms with Gasteiger partial charge in [-0.05, 0) is 50.9 Å². The van der Waals surface area contributed by atoms with Crippen molar-refractivity contribution in [3.05, 3.63) is 35.9 Å². The molecule has 2 fully saturated rings. The molecule has 3 rings (SSSR count). The maximum atomic E-state index is 12.6. The minimum Gasteiger partial charge on any atom is -0.355 e. The highest BCUT2D eigenvalue weighted by Crippen LogP contribution is 2.17. The number of carbonyl (C=O) groups is 1. The van der Waals surface area contributed by atoms with Gasteiger partial charge < -0.3 is 10.2 Å². The third kappa shape index (κ3) is 6.57. The molecule has 0 radical (unpaired) electrons. The zero-order valence-corrected chi connectivity index (χ0v) is 17.6. The van der Waals surface area contributed by atoms with Gasteiger partial charge in [0.25, 0.3) is 0 Å². The normalized spacial score (nSPS) is 22.2. The highest BCUT2D eigenvalue weighted by Gasteiger charge is 2.27. The maximum absolute atomic E-state index is 12.6. The lowest BCUT2D eigenvalue weighted by Gasteiger charge is -2.35. The number of nitrogens with one attached hydrogen (secondary N) is 1. The van der Waals surface area contributed by atoms with Gasteiger partial charge in [0.1, 0.15) is 0 Å². The van der Waals surface area contributed by atoms with Crippen molar-refractivity contribution in [3.63, 3.8) is 0 Å². The summed E-state index contributed by atoms with van der Waals surface area (Å²) in [5.74, 6) is 0.251. The lowest BCUT2D eigenvalue weighted by molar-refractivity contribution is -0.127. The molecule has 5 nitrogen and oxygen atoms in total. The van der Waals surface area contributed by atoms with Crippen LogP contribution in [0.5, 0.6) is 0 Å². The van der Waals surface area contributed by atoms with E-state index in [1.54, 1.807) is 0 Å². The molecular formula is C23H38N4O. The van der Waals surface area contributed by atoms with Crippen LogP contribution in [0.3, 0.4) is 0 Å². The van der Waals surface area contributed by atoms with Crippen LogP contribution in [0.15, 0.2) is 30.3 Å². The first kappa shape index (κ1) is 21.3. The molecule has 1 atom stereocenters. The van der Waals surface area contributed by atoms with E-state index in [1.807, 2.05) is 0 Å². The number of amides is 1. The summed E-state index contributed by atoms with van der Waals surface area (Å²) in [5, 5.41) is 3.20. The van der Waals surface area contributed by atoms with E-state index in [-0.39, 0.29) is 11.9 Å². The van der Waals surface area contributed by atoms with Gasteiger partial charge in [-0.2, -0.15) is 0 Å². The molecule has 0 spiro atoms. The van der Waals surface area contributed by atoms with Crippen LogP contribution < -0.4 is 5.32 Å². The van der Waals surface area contributed by atoms with Crippen molar-refractivity contribution in [1.29, 1.82) is 0 Å². The molecule has 0 bridgehead atoms. The predicted molar refractivity (Wildman–Crippen MR) is 115 cm³/mol. The van der Waals surface area contributed by atoms with E-state index >= 15 is 0 Å². The quantitative estimate of drug-likeness (QED) is 0.662. The lowest BCUT2D eigenvalue weighted by Crippen LogP contribution is -2.50. The molecule has 1 unspecified atom stereocenters. The molecule has 28 heavy (non-hydrogen) atoms. The Balaban J connectivity index is 1.29. The summed E-state index contributed by atoms with van der Waals surface area (Å²) in [6.07, 6.45) is 5.62. The second kappa shape index (κ2) is 11.5. The van der Waals surface area contributed by atoms with Gasteiger partial charge in [-0.25, -0.2) is 0 Å². The van der Waals surface area contributed by atoms with Crippen LogP contribution in [0.25, 0.3) is 0 Å². The van der Waals surface area contributed by atoms with Gasteiger partial charge in [-0.3, -0.25) is 14.6 Å². The molecule has 2 heterocycles. The Labute approximate surface area is 171 Å². The molecular weight excluding hydrogens is 348 g/mol. The lowest BCUT2D eigenvalue weighted by atomic mass is 10.0. The fourth-order valence-electron chi connectivity index (χ4n) is 4.49. The molecule has 2 aliphatic rings. The van der Waals surface area contributed by atoms with Gasteiger partial charge in [0, 0.05) is 39.3 Å². The summed E-state index contributed by atoms with van der Waals surface area (Å²) in [6.45, 7) is 11.8. The number of carbonyl (C=O) groups excluding carboxylic acids is 1. The fourth-order valence-corrected chi connectivity index (χ4v) is 4.49. The van der Waals surface area contributed by atoms with Crippen LogP contribution in [-0.2, 0) is 11.3 Å². The Morgan fingerprint density at radius 3 is 2.50 bits per heavy atom. The summed E-state index contributed by atoms with van der Waals surface area (Å²) in [5.41, 5.74) is 1.40. The van der Waals surface area contributed by atoms with Gasteiger partial charge >= 0.3 is 0 Å². The molecule has 2 saturated heterocycles. The smallest absolute Gasteiger partial charge is 0.237 e. The average molecular weight is 387 g/mol.